The number of hydrogen-bond donors (Lipinski definition) is 1. The number of rotatable bonds is 6. The summed E-state index contributed by atoms with van der Waals surface area (Å²) in [5.41, 5.74) is 0. The van der Waals surface area contributed by atoms with Crippen LogP contribution in [-0.4, -0.2) is 12.1 Å². The highest BCUT2D eigenvalue weighted by atomic mass is 16.3. The lowest BCUT2D eigenvalue weighted by Crippen LogP contribution is -2.30. The van der Waals surface area contributed by atoms with Crippen molar-refractivity contribution in [2.75, 3.05) is 0 Å². The third-order valence-electron chi connectivity index (χ3n) is 3.17. The molecule has 0 saturated heterocycles. The van der Waals surface area contributed by atoms with E-state index in [1.807, 2.05) is 6.07 Å². The first kappa shape index (κ1) is 10.7. The number of hydrogen-bond acceptors (Lipinski definition) is 2. The average Bonchev–Trinajstić information content (AvgIpc) is 2.73. The Morgan fingerprint density at radius 3 is 3.13 bits per heavy atom. The van der Waals surface area contributed by atoms with E-state index in [1.165, 1.54) is 19.3 Å². The van der Waals surface area contributed by atoms with Gasteiger partial charge in [0.15, 0.2) is 0 Å². The molecule has 0 amide bonds. The topological polar surface area (TPSA) is 25.2 Å². The molecule has 1 fully saturated rings. The Hall–Kier alpha value is -0.760. The summed E-state index contributed by atoms with van der Waals surface area (Å²) < 4.78 is 5.34. The van der Waals surface area contributed by atoms with Gasteiger partial charge in [-0.15, -0.1) is 0 Å². The highest BCUT2D eigenvalue weighted by Crippen LogP contribution is 2.34. The van der Waals surface area contributed by atoms with Gasteiger partial charge in [-0.3, -0.25) is 0 Å². The van der Waals surface area contributed by atoms with Crippen molar-refractivity contribution in [3.8, 4) is 0 Å². The molecule has 1 saturated carbocycles. The van der Waals surface area contributed by atoms with Crippen LogP contribution in [0.25, 0.3) is 0 Å². The monoisotopic (exact) mass is 207 g/mol. The van der Waals surface area contributed by atoms with Crippen molar-refractivity contribution in [2.24, 2.45) is 5.92 Å². The summed E-state index contributed by atoms with van der Waals surface area (Å²) in [7, 11) is 0. The second-order valence-electron chi connectivity index (χ2n) is 4.74. The van der Waals surface area contributed by atoms with Crippen molar-refractivity contribution in [1.82, 2.24) is 5.32 Å². The quantitative estimate of drug-likeness (QED) is 0.775. The fraction of sp³-hybridized carbons (Fsp3) is 0.692. The van der Waals surface area contributed by atoms with Crippen molar-refractivity contribution >= 4 is 0 Å². The molecule has 0 bridgehead atoms. The minimum atomic E-state index is 0.531. The van der Waals surface area contributed by atoms with E-state index < -0.39 is 0 Å². The maximum absolute atomic E-state index is 5.34. The van der Waals surface area contributed by atoms with Crippen LogP contribution < -0.4 is 5.32 Å². The lowest BCUT2D eigenvalue weighted by atomic mass is 10.2. The molecule has 84 valence electrons. The zero-order chi connectivity index (χ0) is 10.7. The van der Waals surface area contributed by atoms with Crippen LogP contribution >= 0.6 is 0 Å². The van der Waals surface area contributed by atoms with Crippen molar-refractivity contribution in [3.63, 3.8) is 0 Å². The van der Waals surface area contributed by atoms with Crippen molar-refractivity contribution in [1.29, 1.82) is 0 Å². The highest BCUT2D eigenvalue weighted by Gasteiger charge is 2.36. The van der Waals surface area contributed by atoms with Crippen LogP contribution in [0.15, 0.2) is 22.8 Å². The van der Waals surface area contributed by atoms with Crippen molar-refractivity contribution < 1.29 is 4.42 Å². The van der Waals surface area contributed by atoms with E-state index in [9.17, 15) is 0 Å². The van der Waals surface area contributed by atoms with Gasteiger partial charge in [-0.2, -0.15) is 0 Å². The molecule has 1 N–H and O–H groups in total. The summed E-state index contributed by atoms with van der Waals surface area (Å²) in [4.78, 5) is 0. The molecule has 3 atom stereocenters. The van der Waals surface area contributed by atoms with Crippen LogP contribution in [0.1, 0.15) is 38.9 Å². The molecule has 15 heavy (non-hydrogen) atoms. The summed E-state index contributed by atoms with van der Waals surface area (Å²) in [6.07, 6.45) is 6.82. The SMILES string of the molecule is CCCC1CC1NC(C)Cc1ccco1. The first-order chi connectivity index (χ1) is 7.29. The van der Waals surface area contributed by atoms with Gasteiger partial charge in [-0.25, -0.2) is 0 Å². The van der Waals surface area contributed by atoms with Crippen molar-refractivity contribution in [2.45, 2.75) is 51.6 Å². The fourth-order valence-electron chi connectivity index (χ4n) is 2.30. The van der Waals surface area contributed by atoms with Crippen LogP contribution in [0.2, 0.25) is 0 Å². The molecule has 0 radical (unpaired) electrons. The van der Waals surface area contributed by atoms with Gasteiger partial charge in [-0.05, 0) is 37.8 Å². The first-order valence-electron chi connectivity index (χ1n) is 6.08. The predicted octanol–water partition coefficient (Wildman–Crippen LogP) is 2.99. The summed E-state index contributed by atoms with van der Waals surface area (Å²) in [6, 6.07) is 5.31. The van der Waals surface area contributed by atoms with E-state index in [2.05, 4.69) is 25.2 Å². The van der Waals surface area contributed by atoms with Crippen LogP contribution in [0.3, 0.4) is 0 Å². The van der Waals surface area contributed by atoms with Gasteiger partial charge in [0.05, 0.1) is 6.26 Å². The van der Waals surface area contributed by atoms with E-state index in [0.29, 0.717) is 6.04 Å². The Labute approximate surface area is 92.1 Å². The van der Waals surface area contributed by atoms with Crippen molar-refractivity contribution in [3.05, 3.63) is 24.2 Å². The van der Waals surface area contributed by atoms with E-state index in [1.54, 1.807) is 6.26 Å². The molecule has 2 nitrogen and oxygen atoms in total. The molecule has 3 unspecified atom stereocenters. The lowest BCUT2D eigenvalue weighted by molar-refractivity contribution is 0.447. The smallest absolute Gasteiger partial charge is 0.105 e. The minimum absolute atomic E-state index is 0.531. The van der Waals surface area contributed by atoms with Gasteiger partial charge < -0.3 is 9.73 Å². The number of nitrogens with one attached hydrogen (secondary N) is 1. The van der Waals surface area contributed by atoms with E-state index in [4.69, 9.17) is 4.42 Å². The standard InChI is InChI=1S/C13H21NO/c1-3-5-11-9-13(11)14-10(2)8-12-6-4-7-15-12/h4,6-7,10-11,13-14H,3,5,8-9H2,1-2H3. The molecule has 1 aromatic rings. The Bertz CT molecular complexity index is 281. The second-order valence-corrected chi connectivity index (χ2v) is 4.74. The van der Waals surface area contributed by atoms with Gasteiger partial charge in [0, 0.05) is 18.5 Å². The first-order valence-corrected chi connectivity index (χ1v) is 6.08. The van der Waals surface area contributed by atoms with E-state index in [0.717, 1.165) is 24.1 Å². The molecule has 1 aromatic heterocycles. The Kier molecular flexibility index (Phi) is 3.47. The molecule has 1 heterocycles. The molecular formula is C13H21NO. The molecule has 2 rings (SSSR count). The predicted molar refractivity (Wildman–Crippen MR) is 61.8 cm³/mol. The average molecular weight is 207 g/mol. The largest absolute Gasteiger partial charge is 0.469 e. The molecule has 1 aliphatic carbocycles. The summed E-state index contributed by atoms with van der Waals surface area (Å²) in [5, 5.41) is 3.67. The summed E-state index contributed by atoms with van der Waals surface area (Å²) >= 11 is 0. The van der Waals surface area contributed by atoms with Crippen LogP contribution in [0, 0.1) is 5.92 Å². The van der Waals surface area contributed by atoms with E-state index in [-0.39, 0.29) is 0 Å². The van der Waals surface area contributed by atoms with E-state index >= 15 is 0 Å². The molecule has 1 aliphatic rings. The molecule has 0 spiro atoms. The second kappa shape index (κ2) is 4.84. The van der Waals surface area contributed by atoms with Gasteiger partial charge in [-0.1, -0.05) is 13.3 Å². The number of furan rings is 1. The normalized spacial score (nSPS) is 26.5. The van der Waals surface area contributed by atoms with Gasteiger partial charge in [0.2, 0.25) is 0 Å². The minimum Gasteiger partial charge on any atom is -0.469 e. The Balaban J connectivity index is 1.68. The maximum atomic E-state index is 5.34. The maximum Gasteiger partial charge on any atom is 0.105 e. The van der Waals surface area contributed by atoms with Crippen LogP contribution in [-0.2, 0) is 6.42 Å². The fourth-order valence-corrected chi connectivity index (χ4v) is 2.30. The van der Waals surface area contributed by atoms with Gasteiger partial charge >= 0.3 is 0 Å². The van der Waals surface area contributed by atoms with Crippen LogP contribution in [0.5, 0.6) is 0 Å². The third kappa shape index (κ3) is 3.10. The van der Waals surface area contributed by atoms with Crippen LogP contribution in [0.4, 0.5) is 0 Å². The van der Waals surface area contributed by atoms with Gasteiger partial charge in [0.1, 0.15) is 5.76 Å². The Morgan fingerprint density at radius 2 is 2.47 bits per heavy atom. The third-order valence-corrected chi connectivity index (χ3v) is 3.17. The zero-order valence-electron chi connectivity index (χ0n) is 9.70. The molecular weight excluding hydrogens is 186 g/mol. The van der Waals surface area contributed by atoms with Gasteiger partial charge in [0.25, 0.3) is 0 Å². The summed E-state index contributed by atoms with van der Waals surface area (Å²) in [6.45, 7) is 4.51. The highest BCUT2D eigenvalue weighted by molar-refractivity contribution is 5.01. The molecule has 0 aliphatic heterocycles. The molecule has 2 heteroatoms. The zero-order valence-corrected chi connectivity index (χ0v) is 9.70. The lowest BCUT2D eigenvalue weighted by Gasteiger charge is -2.12. The molecule has 0 aromatic carbocycles. The summed E-state index contributed by atoms with van der Waals surface area (Å²) in [5.74, 6) is 2.02. The Morgan fingerprint density at radius 1 is 1.60 bits per heavy atom.